The number of imidazole rings is 1. The number of aromatic nitrogens is 2. The van der Waals surface area contributed by atoms with Gasteiger partial charge in [0, 0.05) is 6.04 Å². The molecule has 0 spiro atoms. The first kappa shape index (κ1) is 12.7. The summed E-state index contributed by atoms with van der Waals surface area (Å²) in [5.74, 6) is 0.567. The van der Waals surface area contributed by atoms with Crippen LogP contribution in [0.1, 0.15) is 33.2 Å². The van der Waals surface area contributed by atoms with Gasteiger partial charge in [-0.3, -0.25) is 0 Å². The molecule has 17 heavy (non-hydrogen) atoms. The Balaban J connectivity index is 2.68. The molecule has 1 N–H and O–H groups in total. The maximum absolute atomic E-state index is 6.28. The van der Waals surface area contributed by atoms with Crippen molar-refractivity contribution in [3.05, 3.63) is 28.0 Å². The number of halogens is 1. The topological polar surface area (TPSA) is 20.7 Å². The molecule has 2 unspecified atom stereocenters. The largest absolute Gasteiger partial charge is 0.331 e. The summed E-state index contributed by atoms with van der Waals surface area (Å²) >= 11 is 11.7. The number of H-pyrrole nitrogens is 1. The second-order valence-corrected chi connectivity index (χ2v) is 5.36. The summed E-state index contributed by atoms with van der Waals surface area (Å²) in [6.07, 6.45) is 1.13. The Labute approximate surface area is 112 Å². The van der Waals surface area contributed by atoms with Gasteiger partial charge >= 0.3 is 0 Å². The minimum Gasteiger partial charge on any atom is -0.331 e. The normalized spacial score (nSPS) is 15.1. The van der Waals surface area contributed by atoms with E-state index in [1.165, 1.54) is 0 Å². The number of hydrogen-bond donors (Lipinski definition) is 1. The number of fused-ring (bicyclic) bond motifs is 1. The molecule has 2 nitrogen and oxygen atoms in total. The first-order valence-electron chi connectivity index (χ1n) is 5.95. The molecule has 0 bridgehead atoms. The summed E-state index contributed by atoms with van der Waals surface area (Å²) in [7, 11) is 0. The van der Waals surface area contributed by atoms with E-state index in [1.807, 2.05) is 18.2 Å². The number of rotatable bonds is 3. The fourth-order valence-corrected chi connectivity index (χ4v) is 2.76. The van der Waals surface area contributed by atoms with E-state index in [9.17, 15) is 0 Å². The molecular weight excluding hydrogens is 252 g/mol. The molecule has 0 fully saturated rings. The molecular formula is C13H17ClN2S. The molecule has 92 valence electrons. The van der Waals surface area contributed by atoms with Crippen LogP contribution in [-0.4, -0.2) is 9.55 Å². The third-order valence-electron chi connectivity index (χ3n) is 3.56. The molecule has 1 heterocycles. The zero-order valence-corrected chi connectivity index (χ0v) is 11.9. The minimum atomic E-state index is 0.348. The van der Waals surface area contributed by atoms with Crippen molar-refractivity contribution >= 4 is 34.9 Å². The van der Waals surface area contributed by atoms with Crippen molar-refractivity contribution in [2.75, 3.05) is 0 Å². The van der Waals surface area contributed by atoms with Crippen LogP contribution in [0.15, 0.2) is 18.2 Å². The second-order valence-electron chi connectivity index (χ2n) is 4.56. The van der Waals surface area contributed by atoms with Crippen LogP contribution in [0.4, 0.5) is 0 Å². The Morgan fingerprint density at radius 1 is 1.41 bits per heavy atom. The van der Waals surface area contributed by atoms with Crippen LogP contribution in [0, 0.1) is 10.7 Å². The van der Waals surface area contributed by atoms with Crippen LogP contribution in [0.25, 0.3) is 11.0 Å². The Kier molecular flexibility index (Phi) is 3.59. The number of hydrogen-bond acceptors (Lipinski definition) is 1. The number of aromatic amines is 1. The highest BCUT2D eigenvalue weighted by Crippen LogP contribution is 2.30. The molecule has 0 radical (unpaired) electrons. The summed E-state index contributed by atoms with van der Waals surface area (Å²) in [5.41, 5.74) is 2.03. The molecule has 1 aromatic heterocycles. The lowest BCUT2D eigenvalue weighted by Gasteiger charge is -2.21. The van der Waals surface area contributed by atoms with E-state index >= 15 is 0 Å². The van der Waals surface area contributed by atoms with Gasteiger partial charge in [-0.05, 0) is 37.2 Å². The second kappa shape index (κ2) is 4.83. The fourth-order valence-electron chi connectivity index (χ4n) is 2.12. The Morgan fingerprint density at radius 2 is 2.12 bits per heavy atom. The van der Waals surface area contributed by atoms with Crippen molar-refractivity contribution in [2.24, 2.45) is 5.92 Å². The van der Waals surface area contributed by atoms with Crippen molar-refractivity contribution in [2.45, 2.75) is 33.2 Å². The van der Waals surface area contributed by atoms with Crippen molar-refractivity contribution in [3.63, 3.8) is 0 Å². The van der Waals surface area contributed by atoms with E-state index in [4.69, 9.17) is 23.8 Å². The zero-order valence-electron chi connectivity index (χ0n) is 10.3. The average molecular weight is 269 g/mol. The van der Waals surface area contributed by atoms with E-state index in [0.29, 0.717) is 12.0 Å². The first-order chi connectivity index (χ1) is 8.06. The molecule has 0 saturated heterocycles. The first-order valence-corrected chi connectivity index (χ1v) is 6.73. The zero-order chi connectivity index (χ0) is 12.6. The van der Waals surface area contributed by atoms with E-state index in [0.717, 1.165) is 27.2 Å². The molecule has 0 aliphatic heterocycles. The van der Waals surface area contributed by atoms with Crippen molar-refractivity contribution < 1.29 is 0 Å². The minimum absolute atomic E-state index is 0.348. The van der Waals surface area contributed by atoms with Gasteiger partial charge in [0.25, 0.3) is 0 Å². The highest BCUT2D eigenvalue weighted by molar-refractivity contribution is 7.71. The standard InChI is InChI=1S/C13H17ClN2S/c1-4-8(2)9(3)16-12-10(14)6-5-7-11(12)15-13(16)17/h5-9H,4H2,1-3H3,(H,15,17). The van der Waals surface area contributed by atoms with E-state index in [2.05, 4.69) is 30.3 Å². The van der Waals surface area contributed by atoms with Crippen LogP contribution in [0.3, 0.4) is 0 Å². The van der Waals surface area contributed by atoms with Crippen LogP contribution >= 0.6 is 23.8 Å². The average Bonchev–Trinajstić information content (AvgIpc) is 2.65. The smallest absolute Gasteiger partial charge is 0.178 e. The number of nitrogens with zero attached hydrogens (tertiary/aromatic N) is 1. The molecule has 2 atom stereocenters. The van der Waals surface area contributed by atoms with Crippen LogP contribution in [-0.2, 0) is 0 Å². The third-order valence-corrected chi connectivity index (χ3v) is 4.17. The molecule has 0 amide bonds. The lowest BCUT2D eigenvalue weighted by atomic mass is 10.0. The van der Waals surface area contributed by atoms with E-state index in [-0.39, 0.29) is 0 Å². The summed E-state index contributed by atoms with van der Waals surface area (Å²) in [6, 6.07) is 6.21. The summed E-state index contributed by atoms with van der Waals surface area (Å²) in [6.45, 7) is 6.63. The molecule has 0 saturated carbocycles. The van der Waals surface area contributed by atoms with Gasteiger partial charge in [-0.2, -0.15) is 0 Å². The molecule has 4 heteroatoms. The summed E-state index contributed by atoms with van der Waals surface area (Å²) < 4.78 is 2.89. The molecule has 2 rings (SSSR count). The fraction of sp³-hybridized carbons (Fsp3) is 0.462. The van der Waals surface area contributed by atoms with Gasteiger partial charge in [-0.25, -0.2) is 0 Å². The Morgan fingerprint density at radius 3 is 2.76 bits per heavy atom. The predicted octanol–water partition coefficient (Wildman–Crippen LogP) is 4.96. The van der Waals surface area contributed by atoms with Gasteiger partial charge in [0.1, 0.15) is 0 Å². The van der Waals surface area contributed by atoms with Gasteiger partial charge in [-0.1, -0.05) is 37.9 Å². The third kappa shape index (κ3) is 2.14. The van der Waals surface area contributed by atoms with Gasteiger partial charge in [-0.15, -0.1) is 0 Å². The molecule has 0 aliphatic rings. The number of benzene rings is 1. The maximum Gasteiger partial charge on any atom is 0.178 e. The van der Waals surface area contributed by atoms with Gasteiger partial charge < -0.3 is 9.55 Å². The quantitative estimate of drug-likeness (QED) is 0.781. The summed E-state index contributed by atoms with van der Waals surface area (Å²) in [5, 5.41) is 0.755. The monoisotopic (exact) mass is 268 g/mol. The molecule has 0 aliphatic carbocycles. The van der Waals surface area contributed by atoms with E-state index < -0.39 is 0 Å². The lowest BCUT2D eigenvalue weighted by molar-refractivity contribution is 0.374. The molecule has 1 aromatic carbocycles. The number of nitrogens with one attached hydrogen (secondary N) is 1. The lowest BCUT2D eigenvalue weighted by Crippen LogP contribution is -2.13. The SMILES string of the molecule is CCC(C)C(C)n1c(=S)[nH]c2cccc(Cl)c21. The maximum atomic E-state index is 6.28. The number of para-hydroxylation sites is 1. The Bertz CT molecular complexity index is 585. The van der Waals surface area contributed by atoms with Crippen molar-refractivity contribution in [1.82, 2.24) is 9.55 Å². The highest BCUT2D eigenvalue weighted by Gasteiger charge is 2.17. The van der Waals surface area contributed by atoms with Gasteiger partial charge in [0.05, 0.1) is 16.1 Å². The van der Waals surface area contributed by atoms with Gasteiger partial charge in [0.15, 0.2) is 4.77 Å². The predicted molar refractivity (Wildman–Crippen MR) is 76.3 cm³/mol. The van der Waals surface area contributed by atoms with Crippen molar-refractivity contribution in [3.8, 4) is 0 Å². The van der Waals surface area contributed by atoms with Crippen LogP contribution in [0.5, 0.6) is 0 Å². The molecule has 2 aromatic rings. The summed E-state index contributed by atoms with van der Waals surface area (Å²) in [4.78, 5) is 3.22. The van der Waals surface area contributed by atoms with Crippen molar-refractivity contribution in [1.29, 1.82) is 0 Å². The van der Waals surface area contributed by atoms with Crippen LogP contribution in [0.2, 0.25) is 5.02 Å². The Hall–Kier alpha value is -0.800. The van der Waals surface area contributed by atoms with Crippen LogP contribution < -0.4 is 0 Å². The highest BCUT2D eigenvalue weighted by atomic mass is 35.5. The van der Waals surface area contributed by atoms with Gasteiger partial charge in [0.2, 0.25) is 0 Å². The van der Waals surface area contributed by atoms with E-state index in [1.54, 1.807) is 0 Å².